The second kappa shape index (κ2) is 7.53. The summed E-state index contributed by atoms with van der Waals surface area (Å²) in [5, 5.41) is 0.232. The molecule has 1 saturated carbocycles. The molecule has 1 amide bonds. The number of thioether (sulfide) groups is 1. The summed E-state index contributed by atoms with van der Waals surface area (Å²) in [5.41, 5.74) is 5.98. The van der Waals surface area contributed by atoms with Crippen molar-refractivity contribution in [2.24, 2.45) is 5.73 Å². The van der Waals surface area contributed by atoms with Crippen molar-refractivity contribution in [3.8, 4) is 0 Å². The molecule has 110 valence electrons. The largest absolute Gasteiger partial charge is 0.339 e. The lowest BCUT2D eigenvalue weighted by Crippen LogP contribution is -2.48. The average molecular weight is 284 g/mol. The molecule has 1 aliphatic carbocycles. The monoisotopic (exact) mass is 284 g/mol. The quantitative estimate of drug-likeness (QED) is 0.863. The second-order valence-electron chi connectivity index (χ2n) is 5.96. The number of rotatable bonds is 4. The van der Waals surface area contributed by atoms with Crippen LogP contribution in [-0.2, 0) is 4.79 Å². The topological polar surface area (TPSA) is 46.3 Å². The van der Waals surface area contributed by atoms with E-state index >= 15 is 0 Å². The fourth-order valence-electron chi connectivity index (χ4n) is 3.25. The van der Waals surface area contributed by atoms with Crippen LogP contribution in [0.3, 0.4) is 0 Å². The minimum atomic E-state index is 0.232. The van der Waals surface area contributed by atoms with Gasteiger partial charge in [-0.3, -0.25) is 4.79 Å². The molecule has 0 aromatic heterocycles. The zero-order valence-electron chi connectivity index (χ0n) is 12.1. The SMILES string of the molecule is CCCN(C(=O)C1CCCCS1)C1CCC(N)CC1. The predicted molar refractivity (Wildman–Crippen MR) is 82.3 cm³/mol. The first-order valence-corrected chi connectivity index (χ1v) is 8.95. The van der Waals surface area contributed by atoms with Crippen LogP contribution in [0.5, 0.6) is 0 Å². The fraction of sp³-hybridized carbons (Fsp3) is 0.933. The van der Waals surface area contributed by atoms with E-state index in [1.54, 1.807) is 0 Å². The predicted octanol–water partition coefficient (Wildman–Crippen LogP) is 2.78. The number of hydrogen-bond donors (Lipinski definition) is 1. The van der Waals surface area contributed by atoms with Crippen molar-refractivity contribution in [1.82, 2.24) is 4.90 Å². The molecule has 2 aliphatic rings. The lowest BCUT2D eigenvalue weighted by molar-refractivity contribution is -0.133. The molecular weight excluding hydrogens is 256 g/mol. The van der Waals surface area contributed by atoms with Gasteiger partial charge in [0.1, 0.15) is 0 Å². The Morgan fingerprint density at radius 3 is 2.53 bits per heavy atom. The van der Waals surface area contributed by atoms with Crippen LogP contribution in [0.25, 0.3) is 0 Å². The highest BCUT2D eigenvalue weighted by Gasteiger charge is 2.32. The average Bonchev–Trinajstić information content (AvgIpc) is 2.46. The highest BCUT2D eigenvalue weighted by atomic mass is 32.2. The number of nitrogens with two attached hydrogens (primary N) is 1. The lowest BCUT2D eigenvalue weighted by atomic mass is 9.90. The summed E-state index contributed by atoms with van der Waals surface area (Å²) < 4.78 is 0. The number of hydrogen-bond acceptors (Lipinski definition) is 3. The van der Waals surface area contributed by atoms with Crippen LogP contribution in [0, 0.1) is 0 Å². The van der Waals surface area contributed by atoms with Crippen LogP contribution in [-0.4, -0.2) is 40.4 Å². The van der Waals surface area contributed by atoms with Crippen LogP contribution >= 0.6 is 11.8 Å². The second-order valence-corrected chi connectivity index (χ2v) is 7.27. The summed E-state index contributed by atoms with van der Waals surface area (Å²) in [4.78, 5) is 14.9. The van der Waals surface area contributed by atoms with Crippen LogP contribution in [0.4, 0.5) is 0 Å². The third-order valence-electron chi connectivity index (χ3n) is 4.38. The van der Waals surface area contributed by atoms with Gasteiger partial charge in [0.2, 0.25) is 5.91 Å². The Bertz CT molecular complexity index is 284. The third-order valence-corrected chi connectivity index (χ3v) is 5.75. The minimum Gasteiger partial charge on any atom is -0.339 e. The van der Waals surface area contributed by atoms with E-state index in [0.29, 0.717) is 18.0 Å². The lowest BCUT2D eigenvalue weighted by Gasteiger charge is -2.38. The van der Waals surface area contributed by atoms with Gasteiger partial charge in [0.15, 0.2) is 0 Å². The molecule has 0 radical (unpaired) electrons. The molecule has 1 heterocycles. The zero-order valence-corrected chi connectivity index (χ0v) is 13.0. The van der Waals surface area contributed by atoms with Crippen LogP contribution < -0.4 is 5.73 Å². The van der Waals surface area contributed by atoms with Crippen LogP contribution in [0.15, 0.2) is 0 Å². The Hall–Kier alpha value is -0.220. The highest BCUT2D eigenvalue weighted by Crippen LogP contribution is 2.30. The van der Waals surface area contributed by atoms with E-state index in [1.165, 1.54) is 12.8 Å². The summed E-state index contributed by atoms with van der Waals surface area (Å²) in [7, 11) is 0. The van der Waals surface area contributed by atoms with Gasteiger partial charge in [0.25, 0.3) is 0 Å². The molecule has 1 atom stereocenters. The molecule has 2 fully saturated rings. The smallest absolute Gasteiger partial charge is 0.235 e. The van der Waals surface area contributed by atoms with Gasteiger partial charge in [0.05, 0.1) is 5.25 Å². The standard InChI is InChI=1S/C15H28N2OS/c1-2-10-17(13-8-6-12(16)7-9-13)15(18)14-5-3-4-11-19-14/h12-14H,2-11,16H2,1H3. The summed E-state index contributed by atoms with van der Waals surface area (Å²) in [6.45, 7) is 3.10. The van der Waals surface area contributed by atoms with Gasteiger partial charge in [-0.2, -0.15) is 0 Å². The number of carbonyl (C=O) groups excluding carboxylic acids is 1. The van der Waals surface area contributed by atoms with Crippen LogP contribution in [0.1, 0.15) is 58.3 Å². The molecule has 2 rings (SSSR count). The molecular formula is C15H28N2OS. The first-order valence-electron chi connectivity index (χ1n) is 7.90. The van der Waals surface area contributed by atoms with Crippen molar-refractivity contribution in [3.63, 3.8) is 0 Å². The Labute approximate surface area is 121 Å². The normalized spacial score (nSPS) is 32.0. The maximum absolute atomic E-state index is 12.7. The molecule has 4 heteroatoms. The van der Waals surface area contributed by atoms with Gasteiger partial charge in [0, 0.05) is 18.6 Å². The summed E-state index contributed by atoms with van der Waals surface area (Å²) in [6, 6.07) is 0.814. The number of nitrogens with zero attached hydrogens (tertiary/aromatic N) is 1. The minimum absolute atomic E-state index is 0.232. The summed E-state index contributed by atoms with van der Waals surface area (Å²) in [5.74, 6) is 1.57. The molecule has 0 aromatic carbocycles. The maximum Gasteiger partial charge on any atom is 0.235 e. The number of amides is 1. The van der Waals surface area contributed by atoms with Crippen molar-refractivity contribution in [1.29, 1.82) is 0 Å². The van der Waals surface area contributed by atoms with Crippen molar-refractivity contribution in [3.05, 3.63) is 0 Å². The van der Waals surface area contributed by atoms with Gasteiger partial charge in [-0.15, -0.1) is 11.8 Å². The molecule has 1 aliphatic heterocycles. The van der Waals surface area contributed by atoms with E-state index in [-0.39, 0.29) is 5.25 Å². The molecule has 0 spiro atoms. The van der Waals surface area contributed by atoms with Crippen molar-refractivity contribution >= 4 is 17.7 Å². The maximum atomic E-state index is 12.7. The van der Waals surface area contributed by atoms with E-state index < -0.39 is 0 Å². The van der Waals surface area contributed by atoms with Crippen molar-refractivity contribution in [2.75, 3.05) is 12.3 Å². The molecule has 1 unspecified atom stereocenters. The van der Waals surface area contributed by atoms with Gasteiger partial charge >= 0.3 is 0 Å². The highest BCUT2D eigenvalue weighted by molar-refractivity contribution is 8.00. The van der Waals surface area contributed by atoms with E-state index in [2.05, 4.69) is 11.8 Å². The Kier molecular flexibility index (Phi) is 6.02. The molecule has 0 bridgehead atoms. The van der Waals surface area contributed by atoms with E-state index in [4.69, 9.17) is 5.73 Å². The van der Waals surface area contributed by atoms with Crippen molar-refractivity contribution < 1.29 is 4.79 Å². The van der Waals surface area contributed by atoms with Gasteiger partial charge in [-0.05, 0) is 50.7 Å². The van der Waals surface area contributed by atoms with Crippen LogP contribution in [0.2, 0.25) is 0 Å². The van der Waals surface area contributed by atoms with E-state index in [0.717, 1.165) is 50.8 Å². The van der Waals surface area contributed by atoms with Gasteiger partial charge in [-0.25, -0.2) is 0 Å². The molecule has 2 N–H and O–H groups in total. The van der Waals surface area contributed by atoms with E-state index in [1.807, 2.05) is 11.8 Å². The molecule has 0 aromatic rings. The fourth-order valence-corrected chi connectivity index (χ4v) is 4.51. The van der Waals surface area contributed by atoms with Gasteiger partial charge in [-0.1, -0.05) is 13.3 Å². The Morgan fingerprint density at radius 1 is 1.21 bits per heavy atom. The molecule has 3 nitrogen and oxygen atoms in total. The third kappa shape index (κ3) is 4.12. The Balaban J connectivity index is 1.95. The van der Waals surface area contributed by atoms with Crippen molar-refractivity contribution in [2.45, 2.75) is 75.6 Å². The molecule has 1 saturated heterocycles. The first kappa shape index (κ1) is 15.2. The number of carbonyl (C=O) groups is 1. The first-order chi connectivity index (χ1) is 9.22. The molecule has 19 heavy (non-hydrogen) atoms. The Morgan fingerprint density at radius 2 is 1.95 bits per heavy atom. The van der Waals surface area contributed by atoms with E-state index in [9.17, 15) is 4.79 Å². The summed E-state index contributed by atoms with van der Waals surface area (Å²) >= 11 is 1.87. The van der Waals surface area contributed by atoms with Gasteiger partial charge < -0.3 is 10.6 Å². The zero-order chi connectivity index (χ0) is 13.7. The summed E-state index contributed by atoms with van der Waals surface area (Å²) in [6.07, 6.45) is 9.00.